The zero-order valence-corrected chi connectivity index (χ0v) is 15.3. The van der Waals surface area contributed by atoms with Crippen LogP contribution >= 0.6 is 0 Å². The van der Waals surface area contributed by atoms with Gasteiger partial charge in [0.05, 0.1) is 13.2 Å². The van der Waals surface area contributed by atoms with Crippen LogP contribution in [0.25, 0.3) is 0 Å². The molecule has 1 N–H and O–H groups in total. The van der Waals surface area contributed by atoms with Crippen molar-refractivity contribution in [2.24, 2.45) is 11.3 Å². The Kier molecular flexibility index (Phi) is 5.14. The molecule has 1 amide bonds. The molecule has 0 aromatic heterocycles. The summed E-state index contributed by atoms with van der Waals surface area (Å²) in [4.78, 5) is 14.8. The SMILES string of the molecule is O=C(c1ccc(COc2ccccc2)cc1)N1C[C@@H]2COCC[C@]2(CO)C1. The number of rotatable bonds is 5. The van der Waals surface area contributed by atoms with Gasteiger partial charge in [0.25, 0.3) is 5.91 Å². The zero-order chi connectivity index (χ0) is 18.7. The number of carbonyl (C=O) groups is 1. The summed E-state index contributed by atoms with van der Waals surface area (Å²) in [5, 5.41) is 9.90. The van der Waals surface area contributed by atoms with Gasteiger partial charge in [-0.1, -0.05) is 30.3 Å². The Morgan fingerprint density at radius 2 is 1.96 bits per heavy atom. The molecular formula is C22H25NO4. The van der Waals surface area contributed by atoms with Crippen molar-refractivity contribution in [2.45, 2.75) is 13.0 Å². The van der Waals surface area contributed by atoms with Crippen LogP contribution in [0.2, 0.25) is 0 Å². The number of benzene rings is 2. The smallest absolute Gasteiger partial charge is 0.253 e. The predicted molar refractivity (Wildman–Crippen MR) is 102 cm³/mol. The molecule has 0 aliphatic carbocycles. The topological polar surface area (TPSA) is 59.0 Å². The fraction of sp³-hybridized carbons (Fsp3) is 0.409. The highest BCUT2D eigenvalue weighted by molar-refractivity contribution is 5.94. The summed E-state index contributed by atoms with van der Waals surface area (Å²) in [5.74, 6) is 1.07. The molecule has 2 aromatic rings. The summed E-state index contributed by atoms with van der Waals surface area (Å²) in [5.41, 5.74) is 1.49. The molecule has 5 nitrogen and oxygen atoms in total. The molecule has 2 saturated heterocycles. The standard InChI is InChI=1S/C22H25NO4/c24-16-22-10-11-26-14-19(22)12-23(15-22)21(25)18-8-6-17(7-9-18)13-27-20-4-2-1-3-5-20/h1-9,19,24H,10-16H2/t19-,22-/m1/s1. The van der Waals surface area contributed by atoms with Gasteiger partial charge < -0.3 is 19.5 Å². The average Bonchev–Trinajstić information content (AvgIpc) is 3.13. The molecule has 2 aliphatic heterocycles. The number of aliphatic hydroxyl groups is 1. The summed E-state index contributed by atoms with van der Waals surface area (Å²) in [6, 6.07) is 17.3. The first-order chi connectivity index (χ1) is 13.2. The van der Waals surface area contributed by atoms with Gasteiger partial charge in [-0.3, -0.25) is 4.79 Å². The molecule has 2 aromatic carbocycles. The molecule has 2 heterocycles. The summed E-state index contributed by atoms with van der Waals surface area (Å²) in [6.45, 7) is 3.12. The largest absolute Gasteiger partial charge is 0.489 e. The summed E-state index contributed by atoms with van der Waals surface area (Å²) >= 11 is 0. The normalized spacial score (nSPS) is 24.5. The van der Waals surface area contributed by atoms with Crippen molar-refractivity contribution in [3.8, 4) is 5.75 Å². The molecular weight excluding hydrogens is 342 g/mol. The van der Waals surface area contributed by atoms with E-state index >= 15 is 0 Å². The number of nitrogens with zero attached hydrogens (tertiary/aromatic N) is 1. The van der Waals surface area contributed by atoms with Crippen molar-refractivity contribution in [3.63, 3.8) is 0 Å². The first-order valence-electron chi connectivity index (χ1n) is 9.45. The van der Waals surface area contributed by atoms with Gasteiger partial charge in [-0.2, -0.15) is 0 Å². The predicted octanol–water partition coefficient (Wildman–Crippen LogP) is 2.74. The molecule has 0 bridgehead atoms. The highest BCUT2D eigenvalue weighted by atomic mass is 16.5. The number of para-hydroxylation sites is 1. The highest BCUT2D eigenvalue weighted by Gasteiger charge is 2.49. The molecule has 5 heteroatoms. The van der Waals surface area contributed by atoms with Gasteiger partial charge in [-0.05, 0) is 36.2 Å². The van der Waals surface area contributed by atoms with Crippen LogP contribution in [0.4, 0.5) is 0 Å². The third-order valence-corrected chi connectivity index (χ3v) is 5.83. The van der Waals surface area contributed by atoms with Gasteiger partial charge >= 0.3 is 0 Å². The highest BCUT2D eigenvalue weighted by Crippen LogP contribution is 2.42. The van der Waals surface area contributed by atoms with E-state index in [-0.39, 0.29) is 23.8 Å². The van der Waals surface area contributed by atoms with Crippen LogP contribution in [0.1, 0.15) is 22.3 Å². The number of likely N-dealkylation sites (tertiary alicyclic amines) is 1. The Morgan fingerprint density at radius 1 is 1.19 bits per heavy atom. The van der Waals surface area contributed by atoms with Crippen molar-refractivity contribution in [1.29, 1.82) is 0 Å². The van der Waals surface area contributed by atoms with Gasteiger partial charge in [0, 0.05) is 36.6 Å². The summed E-state index contributed by atoms with van der Waals surface area (Å²) < 4.78 is 11.3. The van der Waals surface area contributed by atoms with Gasteiger partial charge in [0.1, 0.15) is 12.4 Å². The number of aliphatic hydroxyl groups excluding tert-OH is 1. The van der Waals surface area contributed by atoms with Gasteiger partial charge in [0.2, 0.25) is 0 Å². The second-order valence-electron chi connectivity index (χ2n) is 7.53. The Labute approximate surface area is 159 Å². The number of amides is 1. The molecule has 0 spiro atoms. The van der Waals surface area contributed by atoms with Crippen molar-refractivity contribution in [2.75, 3.05) is 32.9 Å². The monoisotopic (exact) mass is 367 g/mol. The van der Waals surface area contributed by atoms with Crippen molar-refractivity contribution in [1.82, 2.24) is 4.90 Å². The van der Waals surface area contributed by atoms with E-state index in [0.29, 0.717) is 38.5 Å². The Morgan fingerprint density at radius 3 is 2.67 bits per heavy atom. The van der Waals surface area contributed by atoms with Crippen molar-refractivity contribution < 1.29 is 19.4 Å². The minimum Gasteiger partial charge on any atom is -0.489 e. The van der Waals surface area contributed by atoms with Crippen LogP contribution in [-0.4, -0.2) is 48.8 Å². The number of fused-ring (bicyclic) bond motifs is 1. The van der Waals surface area contributed by atoms with Crippen LogP contribution in [0.15, 0.2) is 54.6 Å². The maximum absolute atomic E-state index is 12.9. The molecule has 0 radical (unpaired) electrons. The maximum Gasteiger partial charge on any atom is 0.253 e. The van der Waals surface area contributed by atoms with Crippen LogP contribution in [-0.2, 0) is 11.3 Å². The van der Waals surface area contributed by atoms with Crippen molar-refractivity contribution >= 4 is 5.91 Å². The van der Waals surface area contributed by atoms with Crippen LogP contribution in [0.3, 0.4) is 0 Å². The molecule has 2 aliphatic rings. The Bertz CT molecular complexity index is 777. The number of carbonyl (C=O) groups excluding carboxylic acids is 1. The number of ether oxygens (including phenoxy) is 2. The molecule has 4 rings (SSSR count). The zero-order valence-electron chi connectivity index (χ0n) is 15.3. The maximum atomic E-state index is 12.9. The third-order valence-electron chi connectivity index (χ3n) is 5.83. The number of hydrogen-bond acceptors (Lipinski definition) is 4. The fourth-order valence-electron chi connectivity index (χ4n) is 4.07. The van der Waals surface area contributed by atoms with Crippen molar-refractivity contribution in [3.05, 3.63) is 65.7 Å². The lowest BCUT2D eigenvalue weighted by Gasteiger charge is -2.36. The van der Waals surface area contributed by atoms with E-state index in [0.717, 1.165) is 17.7 Å². The minimum atomic E-state index is -0.197. The molecule has 0 saturated carbocycles. The first kappa shape index (κ1) is 18.0. The van der Waals surface area contributed by atoms with Gasteiger partial charge in [-0.15, -0.1) is 0 Å². The van der Waals surface area contributed by atoms with E-state index in [9.17, 15) is 9.90 Å². The number of hydrogen-bond donors (Lipinski definition) is 1. The Balaban J connectivity index is 1.39. The van der Waals surface area contributed by atoms with Crippen LogP contribution in [0, 0.1) is 11.3 Å². The van der Waals surface area contributed by atoms with E-state index < -0.39 is 0 Å². The first-order valence-corrected chi connectivity index (χ1v) is 9.45. The molecule has 2 fully saturated rings. The van der Waals surface area contributed by atoms with E-state index in [2.05, 4.69) is 0 Å². The Hall–Kier alpha value is -2.37. The summed E-state index contributed by atoms with van der Waals surface area (Å²) in [6.07, 6.45) is 0.813. The third kappa shape index (κ3) is 3.70. The van der Waals surface area contributed by atoms with Crippen LogP contribution < -0.4 is 4.74 Å². The lowest BCUT2D eigenvalue weighted by molar-refractivity contribution is -0.0415. The quantitative estimate of drug-likeness (QED) is 0.883. The fourth-order valence-corrected chi connectivity index (χ4v) is 4.07. The van der Waals surface area contributed by atoms with E-state index in [1.807, 2.05) is 59.5 Å². The second kappa shape index (κ2) is 7.71. The van der Waals surface area contributed by atoms with Gasteiger partial charge in [0.15, 0.2) is 0 Å². The van der Waals surface area contributed by atoms with E-state index in [1.54, 1.807) is 0 Å². The lowest BCUT2D eigenvalue weighted by Crippen LogP contribution is -2.41. The molecule has 0 unspecified atom stereocenters. The lowest BCUT2D eigenvalue weighted by atomic mass is 9.75. The average molecular weight is 367 g/mol. The van der Waals surface area contributed by atoms with Gasteiger partial charge in [-0.25, -0.2) is 0 Å². The van der Waals surface area contributed by atoms with E-state index in [4.69, 9.17) is 9.47 Å². The van der Waals surface area contributed by atoms with Crippen LogP contribution in [0.5, 0.6) is 5.75 Å². The minimum absolute atomic E-state index is 0.0211. The molecule has 142 valence electrons. The molecule has 2 atom stereocenters. The second-order valence-corrected chi connectivity index (χ2v) is 7.53. The summed E-state index contributed by atoms with van der Waals surface area (Å²) in [7, 11) is 0. The van der Waals surface area contributed by atoms with E-state index in [1.165, 1.54) is 0 Å². The molecule has 27 heavy (non-hydrogen) atoms.